The SMILES string of the molecule is CC(C)(CN1CCC2(C1)C[P+](=O)C2)Oc1cnc(C(F)(F)F)nc1. The number of rotatable bonds is 4. The zero-order valence-electron chi connectivity index (χ0n) is 13.6. The van der Waals surface area contributed by atoms with Crippen LogP contribution in [0.25, 0.3) is 0 Å². The second-order valence-corrected chi connectivity index (χ2v) is 8.96. The van der Waals surface area contributed by atoms with Crippen LogP contribution in [0.1, 0.15) is 26.1 Å². The first kappa shape index (κ1) is 17.5. The number of hydrogen-bond donors (Lipinski definition) is 0. The minimum Gasteiger partial charge on any atom is -0.483 e. The highest BCUT2D eigenvalue weighted by Gasteiger charge is 2.57. The van der Waals surface area contributed by atoms with Crippen LogP contribution in [0.2, 0.25) is 0 Å². The second-order valence-electron chi connectivity index (χ2n) is 7.36. The highest BCUT2D eigenvalue weighted by molar-refractivity contribution is 7.46. The summed E-state index contributed by atoms with van der Waals surface area (Å²) < 4.78 is 54.6. The molecule has 132 valence electrons. The van der Waals surface area contributed by atoms with Crippen molar-refractivity contribution in [3.05, 3.63) is 18.2 Å². The third-order valence-corrected chi connectivity index (χ3v) is 6.47. The number of halogens is 3. The summed E-state index contributed by atoms with van der Waals surface area (Å²) in [6, 6.07) is 0. The minimum atomic E-state index is -4.55. The molecule has 2 fully saturated rings. The molecule has 9 heteroatoms. The summed E-state index contributed by atoms with van der Waals surface area (Å²) in [7, 11) is -0.998. The van der Waals surface area contributed by atoms with Crippen LogP contribution in [-0.2, 0) is 10.7 Å². The van der Waals surface area contributed by atoms with Crippen molar-refractivity contribution in [2.24, 2.45) is 5.41 Å². The Morgan fingerprint density at radius 3 is 2.46 bits per heavy atom. The van der Waals surface area contributed by atoms with Crippen LogP contribution in [0.5, 0.6) is 5.75 Å². The van der Waals surface area contributed by atoms with E-state index in [4.69, 9.17) is 4.74 Å². The predicted octanol–water partition coefficient (Wildman–Crippen LogP) is 3.19. The van der Waals surface area contributed by atoms with Gasteiger partial charge in [-0.3, -0.25) is 4.90 Å². The van der Waals surface area contributed by atoms with Gasteiger partial charge in [0.25, 0.3) is 0 Å². The van der Waals surface area contributed by atoms with Crippen molar-refractivity contribution >= 4 is 7.80 Å². The Morgan fingerprint density at radius 1 is 1.29 bits per heavy atom. The van der Waals surface area contributed by atoms with Crippen molar-refractivity contribution in [3.63, 3.8) is 0 Å². The summed E-state index contributed by atoms with van der Waals surface area (Å²) >= 11 is 0. The molecule has 5 nitrogen and oxygen atoms in total. The summed E-state index contributed by atoms with van der Waals surface area (Å²) in [4.78, 5) is 8.90. The molecule has 0 aromatic carbocycles. The molecule has 0 N–H and O–H groups in total. The van der Waals surface area contributed by atoms with Crippen LogP contribution in [0.3, 0.4) is 0 Å². The third-order valence-electron chi connectivity index (χ3n) is 4.42. The van der Waals surface area contributed by atoms with E-state index in [0.29, 0.717) is 6.54 Å². The van der Waals surface area contributed by atoms with Crippen LogP contribution < -0.4 is 4.74 Å². The largest absolute Gasteiger partial charge is 0.483 e. The van der Waals surface area contributed by atoms with Gasteiger partial charge in [-0.15, -0.1) is 0 Å². The standard InChI is InChI=1S/C15H20F3N3O2P/c1-13(2,7-21-4-3-14(8-21)9-24(22)10-14)23-11-5-19-12(20-6-11)15(16,17)18/h5-6H,3-4,7-10H2,1-2H3/q+1. The highest BCUT2D eigenvalue weighted by Crippen LogP contribution is 2.53. The third kappa shape index (κ3) is 3.86. The van der Waals surface area contributed by atoms with Crippen LogP contribution in [-0.4, -0.2) is 52.4 Å². The summed E-state index contributed by atoms with van der Waals surface area (Å²) in [5.41, 5.74) is -0.373. The van der Waals surface area contributed by atoms with E-state index in [-0.39, 0.29) is 11.2 Å². The smallest absolute Gasteiger partial charge is 0.451 e. The van der Waals surface area contributed by atoms with Crippen LogP contribution in [0.15, 0.2) is 12.4 Å². The maximum atomic E-state index is 12.5. The minimum absolute atomic E-state index is 0.209. The maximum Gasteiger partial charge on any atom is 0.451 e. The lowest BCUT2D eigenvalue weighted by Crippen LogP contribution is -2.44. The van der Waals surface area contributed by atoms with Crippen molar-refractivity contribution in [1.82, 2.24) is 14.9 Å². The molecule has 1 aromatic rings. The molecule has 3 rings (SSSR count). The molecular formula is C15H20F3N3O2P+. The Balaban J connectivity index is 1.57. The van der Waals surface area contributed by atoms with Gasteiger partial charge in [-0.25, -0.2) is 9.97 Å². The van der Waals surface area contributed by atoms with E-state index < -0.39 is 25.4 Å². The number of nitrogens with zero attached hydrogens (tertiary/aromatic N) is 3. The highest BCUT2D eigenvalue weighted by atomic mass is 31.1. The molecule has 0 saturated carbocycles. The number of alkyl halides is 3. The lowest BCUT2D eigenvalue weighted by molar-refractivity contribution is -0.145. The Labute approximate surface area is 139 Å². The van der Waals surface area contributed by atoms with E-state index in [1.165, 1.54) is 0 Å². The van der Waals surface area contributed by atoms with Gasteiger partial charge in [0.2, 0.25) is 5.82 Å². The molecule has 0 unspecified atom stereocenters. The fraction of sp³-hybridized carbons (Fsp3) is 0.733. The van der Waals surface area contributed by atoms with Gasteiger partial charge in [0.05, 0.1) is 17.8 Å². The molecule has 3 heterocycles. The van der Waals surface area contributed by atoms with Crippen LogP contribution in [0.4, 0.5) is 13.2 Å². The Hall–Kier alpha value is -1.27. The van der Waals surface area contributed by atoms with Gasteiger partial charge >= 0.3 is 14.0 Å². The van der Waals surface area contributed by atoms with E-state index in [0.717, 1.165) is 44.2 Å². The lowest BCUT2D eigenvalue weighted by atomic mass is 9.91. The van der Waals surface area contributed by atoms with Crippen LogP contribution in [0, 0.1) is 5.41 Å². The molecule has 0 radical (unpaired) electrons. The topological polar surface area (TPSA) is 55.3 Å². The van der Waals surface area contributed by atoms with Crippen molar-refractivity contribution in [2.45, 2.75) is 32.0 Å². The quantitative estimate of drug-likeness (QED) is 0.770. The Morgan fingerprint density at radius 2 is 1.92 bits per heavy atom. The summed E-state index contributed by atoms with van der Waals surface area (Å²) in [6.45, 7) is 6.25. The normalized spacial score (nSPS) is 26.6. The van der Waals surface area contributed by atoms with E-state index in [1.54, 1.807) is 0 Å². The number of likely N-dealkylation sites (tertiary alicyclic amines) is 1. The fourth-order valence-electron chi connectivity index (χ4n) is 3.53. The monoisotopic (exact) mass is 362 g/mol. The van der Waals surface area contributed by atoms with Crippen molar-refractivity contribution in [1.29, 1.82) is 0 Å². The average molecular weight is 362 g/mol. The average Bonchev–Trinajstić information content (AvgIpc) is 2.80. The molecule has 1 spiro atoms. The molecule has 0 aliphatic carbocycles. The number of hydrogen-bond acceptors (Lipinski definition) is 5. The molecule has 2 aliphatic rings. The van der Waals surface area contributed by atoms with E-state index in [9.17, 15) is 17.7 Å². The van der Waals surface area contributed by atoms with Crippen LogP contribution >= 0.6 is 7.80 Å². The van der Waals surface area contributed by atoms with Gasteiger partial charge in [-0.05, 0) is 26.8 Å². The Bertz CT molecular complexity index is 626. The zero-order valence-corrected chi connectivity index (χ0v) is 14.5. The molecule has 24 heavy (non-hydrogen) atoms. The first-order valence-electron chi connectivity index (χ1n) is 7.80. The first-order valence-corrected chi connectivity index (χ1v) is 9.43. The molecule has 0 atom stereocenters. The lowest BCUT2D eigenvalue weighted by Gasteiger charge is -2.32. The van der Waals surface area contributed by atoms with E-state index in [2.05, 4.69) is 14.9 Å². The van der Waals surface area contributed by atoms with Crippen molar-refractivity contribution in [3.8, 4) is 5.75 Å². The molecule has 0 bridgehead atoms. The predicted molar refractivity (Wildman–Crippen MR) is 82.6 cm³/mol. The van der Waals surface area contributed by atoms with Gasteiger partial charge in [0.15, 0.2) is 18.1 Å². The molecule has 2 aliphatic heterocycles. The molecule has 0 amide bonds. The van der Waals surface area contributed by atoms with Gasteiger partial charge in [0, 0.05) is 13.1 Å². The maximum absolute atomic E-state index is 12.5. The fourth-order valence-corrected chi connectivity index (χ4v) is 5.45. The van der Waals surface area contributed by atoms with Crippen molar-refractivity contribution in [2.75, 3.05) is 32.0 Å². The Kier molecular flexibility index (Phi) is 4.33. The number of aromatic nitrogens is 2. The van der Waals surface area contributed by atoms with Gasteiger partial charge in [-0.1, -0.05) is 4.57 Å². The zero-order chi connectivity index (χ0) is 17.6. The summed E-state index contributed by atoms with van der Waals surface area (Å²) in [5.74, 6) is -0.957. The van der Waals surface area contributed by atoms with Gasteiger partial charge in [0.1, 0.15) is 5.60 Å². The first-order chi connectivity index (χ1) is 11.1. The second kappa shape index (κ2) is 5.92. The van der Waals surface area contributed by atoms with E-state index >= 15 is 0 Å². The molecular weight excluding hydrogens is 342 g/mol. The van der Waals surface area contributed by atoms with E-state index in [1.807, 2.05) is 13.8 Å². The summed E-state index contributed by atoms with van der Waals surface area (Å²) in [6.07, 6.45) is 0.230. The molecule has 1 aromatic heterocycles. The molecule has 2 saturated heterocycles. The summed E-state index contributed by atoms with van der Waals surface area (Å²) in [5, 5.41) is 0. The van der Waals surface area contributed by atoms with Gasteiger partial charge < -0.3 is 4.74 Å². The van der Waals surface area contributed by atoms with Gasteiger partial charge in [-0.2, -0.15) is 13.2 Å². The number of ether oxygens (including phenoxy) is 1. The van der Waals surface area contributed by atoms with Crippen molar-refractivity contribution < 1.29 is 22.5 Å².